The highest BCUT2D eigenvalue weighted by molar-refractivity contribution is 9.10. The van der Waals surface area contributed by atoms with Gasteiger partial charge in [0.05, 0.1) is 22.1 Å². The molecule has 4 nitrogen and oxygen atoms in total. The van der Waals surface area contributed by atoms with Gasteiger partial charge in [-0.25, -0.2) is 0 Å². The number of aromatic nitrogens is 2. The fourth-order valence-corrected chi connectivity index (χ4v) is 17.3. The van der Waals surface area contributed by atoms with E-state index in [1.165, 1.54) is 140 Å². The lowest BCUT2D eigenvalue weighted by atomic mass is 10.0. The molecule has 0 bridgehead atoms. The lowest BCUT2D eigenvalue weighted by molar-refractivity contribution is 1.18. The van der Waals surface area contributed by atoms with E-state index < -0.39 is 0 Å². The summed E-state index contributed by atoms with van der Waals surface area (Å²) in [4.78, 5) is 2.35. The van der Waals surface area contributed by atoms with Crippen LogP contribution in [0.2, 0.25) is 0 Å². The highest BCUT2D eigenvalue weighted by Gasteiger charge is 2.19. The molecule has 4 aromatic heterocycles. The molecule has 16 aromatic carbocycles. The fraction of sp³-hybridized carbons (Fsp3) is 0. The van der Waals surface area contributed by atoms with Crippen LogP contribution >= 0.6 is 38.6 Å². The zero-order valence-corrected chi connectivity index (χ0v) is 59.2. The van der Waals surface area contributed by atoms with Gasteiger partial charge in [0.1, 0.15) is 0 Å². The zero-order valence-electron chi connectivity index (χ0n) is 56.0. The summed E-state index contributed by atoms with van der Waals surface area (Å²) in [6, 6.07) is 139. The van der Waals surface area contributed by atoms with Gasteiger partial charge in [0, 0.05) is 106 Å². The maximum Gasteiger partial charge on any atom is 0.0547 e. The average Bonchev–Trinajstić information content (AvgIpc) is 1.61. The van der Waals surface area contributed by atoms with Crippen molar-refractivity contribution in [2.45, 2.75) is 0 Å². The molecule has 0 radical (unpaired) electrons. The van der Waals surface area contributed by atoms with E-state index in [0.29, 0.717) is 0 Å². The molecule has 488 valence electrons. The normalized spacial score (nSPS) is 11.3. The van der Waals surface area contributed by atoms with Crippen molar-refractivity contribution in [2.24, 2.45) is 0 Å². The predicted molar refractivity (Wildman–Crippen MR) is 448 cm³/mol. The minimum Gasteiger partial charge on any atom is -0.356 e. The van der Waals surface area contributed by atoms with Crippen LogP contribution in [0.1, 0.15) is 0 Å². The molecule has 0 unspecified atom stereocenters. The monoisotopic (exact) mass is 1420 g/mol. The topological polar surface area (TPSA) is 25.1 Å². The first-order valence-corrected chi connectivity index (χ1v) is 37.1. The van der Waals surface area contributed by atoms with Crippen molar-refractivity contribution in [1.29, 1.82) is 0 Å². The Morgan fingerprint density at radius 1 is 0.223 bits per heavy atom. The molecule has 7 heteroatoms. The van der Waals surface area contributed by atoms with E-state index in [1.807, 2.05) is 46.9 Å². The molecule has 0 spiro atoms. The standard InChI is InChI=1S/C48H32N2S.C30H18BrNS.C18H15N/c1-4-12-33(13-5-1)34-20-24-39(25-21-34)49(37-14-6-2-7-15-37)40-26-28-43-44-30-35(23-29-47(44)51-48(43)32-40)36-22-27-42-41-18-10-11-19-45(41)50(46(42)31-36)38-16-8-3-9-17-38;31-21-12-14-25-26-16-19(11-15-29(26)33-30(25)18-21)20-10-13-24-23-8-4-5-9-27(23)32(28(24)17-20)22-6-2-1-3-7-22;1-3-7-15(8-4-1)16-11-13-18(14-12-16)19-17-9-5-2-6-10-17/h1-32H;1-18H;1-14,19H. The number of nitrogens with zero attached hydrogens (tertiary/aromatic N) is 3. The van der Waals surface area contributed by atoms with Gasteiger partial charge in [-0.05, 0) is 190 Å². The number of para-hydroxylation sites is 6. The Morgan fingerprint density at radius 2 is 0.573 bits per heavy atom. The van der Waals surface area contributed by atoms with E-state index >= 15 is 0 Å². The van der Waals surface area contributed by atoms with Gasteiger partial charge in [-0.15, -0.1) is 22.7 Å². The Labute approximate surface area is 614 Å². The first-order valence-electron chi connectivity index (χ1n) is 34.7. The molecule has 20 aromatic rings. The smallest absolute Gasteiger partial charge is 0.0547 e. The number of rotatable bonds is 11. The molecule has 20 rings (SSSR count). The van der Waals surface area contributed by atoms with E-state index in [4.69, 9.17) is 0 Å². The maximum absolute atomic E-state index is 3.61. The van der Waals surface area contributed by atoms with E-state index in [-0.39, 0.29) is 0 Å². The van der Waals surface area contributed by atoms with Crippen LogP contribution in [-0.2, 0) is 0 Å². The molecule has 0 aliphatic heterocycles. The van der Waals surface area contributed by atoms with Crippen LogP contribution < -0.4 is 10.2 Å². The molecular weight excluding hydrogens is 1350 g/mol. The molecule has 4 heterocycles. The summed E-state index contributed by atoms with van der Waals surface area (Å²) >= 11 is 7.32. The van der Waals surface area contributed by atoms with Crippen LogP contribution in [-0.4, -0.2) is 9.13 Å². The van der Waals surface area contributed by atoms with E-state index in [2.05, 4.69) is 399 Å². The number of benzene rings is 16. The average molecular weight is 1420 g/mol. The number of thiophene rings is 2. The summed E-state index contributed by atoms with van der Waals surface area (Å²) in [5.41, 5.74) is 22.7. The molecule has 0 fully saturated rings. The highest BCUT2D eigenvalue weighted by Crippen LogP contribution is 2.45. The van der Waals surface area contributed by atoms with Crippen molar-refractivity contribution in [3.8, 4) is 55.9 Å². The van der Waals surface area contributed by atoms with Crippen molar-refractivity contribution in [3.63, 3.8) is 0 Å². The summed E-state index contributed by atoms with van der Waals surface area (Å²) in [5.74, 6) is 0. The Hall–Kier alpha value is -12.4. The zero-order chi connectivity index (χ0) is 68.6. The predicted octanol–water partition coefficient (Wildman–Crippen LogP) is 28.6. The van der Waals surface area contributed by atoms with Crippen molar-refractivity contribution in [2.75, 3.05) is 10.2 Å². The fourth-order valence-electron chi connectivity index (χ4n) is 14.5. The van der Waals surface area contributed by atoms with Gasteiger partial charge in [-0.2, -0.15) is 0 Å². The van der Waals surface area contributed by atoms with Crippen LogP contribution in [0.3, 0.4) is 0 Å². The Kier molecular flexibility index (Phi) is 16.9. The maximum atomic E-state index is 3.61. The lowest BCUT2D eigenvalue weighted by Crippen LogP contribution is -2.09. The second kappa shape index (κ2) is 27.6. The van der Waals surface area contributed by atoms with Crippen LogP contribution in [0.4, 0.5) is 28.4 Å². The van der Waals surface area contributed by atoms with Crippen molar-refractivity contribution in [3.05, 3.63) is 393 Å². The quantitative estimate of drug-likeness (QED) is 0.140. The number of hydrogen-bond acceptors (Lipinski definition) is 4. The third-order valence-electron chi connectivity index (χ3n) is 19.5. The van der Waals surface area contributed by atoms with E-state index in [9.17, 15) is 0 Å². The highest BCUT2D eigenvalue weighted by atomic mass is 79.9. The van der Waals surface area contributed by atoms with Crippen LogP contribution in [0.5, 0.6) is 0 Å². The molecule has 0 amide bonds. The lowest BCUT2D eigenvalue weighted by Gasteiger charge is -2.25. The van der Waals surface area contributed by atoms with Crippen molar-refractivity contribution >= 4 is 151 Å². The molecular formula is C96H65BrN4S2. The largest absolute Gasteiger partial charge is 0.356 e. The van der Waals surface area contributed by atoms with E-state index in [0.717, 1.165) is 32.9 Å². The molecule has 0 saturated heterocycles. The first kappa shape index (κ1) is 62.9. The molecule has 1 N–H and O–H groups in total. The Bertz CT molecular complexity index is 6430. The summed E-state index contributed by atoms with van der Waals surface area (Å²) in [5, 5.41) is 13.7. The van der Waals surface area contributed by atoms with Gasteiger partial charge in [0.2, 0.25) is 0 Å². The third kappa shape index (κ3) is 12.4. The second-order valence-electron chi connectivity index (χ2n) is 25.8. The number of fused-ring (bicyclic) bond motifs is 12. The SMILES string of the molecule is Brc1ccc2c(c1)sc1ccc(-c3ccc4c5ccccc5n(-c5ccccc5)c4c3)cc12.c1ccc(-c2ccc(N(c3ccccc3)c3ccc4c(c3)sc3ccc(-c5ccc6c7ccccc7n(-c7ccccc7)c6c5)cc34)cc2)cc1.c1ccc(Nc2ccc(-c3ccccc3)cc2)cc1. The van der Waals surface area contributed by atoms with Gasteiger partial charge < -0.3 is 19.4 Å². The van der Waals surface area contributed by atoms with Gasteiger partial charge in [-0.3, -0.25) is 0 Å². The van der Waals surface area contributed by atoms with Crippen molar-refractivity contribution < 1.29 is 0 Å². The van der Waals surface area contributed by atoms with Gasteiger partial charge in [-0.1, -0.05) is 259 Å². The van der Waals surface area contributed by atoms with Crippen LogP contribution in [0, 0.1) is 0 Å². The minimum atomic E-state index is 1.10. The summed E-state index contributed by atoms with van der Waals surface area (Å²) in [7, 11) is 0. The summed E-state index contributed by atoms with van der Waals surface area (Å²) in [6.45, 7) is 0. The molecule has 0 aliphatic rings. The molecule has 103 heavy (non-hydrogen) atoms. The van der Waals surface area contributed by atoms with Gasteiger partial charge in [0.15, 0.2) is 0 Å². The number of nitrogens with one attached hydrogen (secondary N) is 1. The summed E-state index contributed by atoms with van der Waals surface area (Å²) in [6.07, 6.45) is 0. The Morgan fingerprint density at radius 3 is 1.09 bits per heavy atom. The Balaban J connectivity index is 0.000000124. The third-order valence-corrected chi connectivity index (χ3v) is 22.3. The summed E-state index contributed by atoms with van der Waals surface area (Å²) < 4.78 is 11.1. The number of halogens is 1. The van der Waals surface area contributed by atoms with Crippen molar-refractivity contribution in [1.82, 2.24) is 9.13 Å². The van der Waals surface area contributed by atoms with E-state index in [1.54, 1.807) is 0 Å². The molecule has 0 saturated carbocycles. The van der Waals surface area contributed by atoms with Crippen LogP contribution in [0.15, 0.2) is 393 Å². The van der Waals surface area contributed by atoms with Gasteiger partial charge in [0.25, 0.3) is 0 Å². The van der Waals surface area contributed by atoms with Gasteiger partial charge >= 0.3 is 0 Å². The minimum absolute atomic E-state index is 1.10. The molecule has 0 atom stereocenters. The van der Waals surface area contributed by atoms with Crippen LogP contribution in [0.25, 0.3) is 140 Å². The molecule has 0 aliphatic carbocycles. The number of anilines is 5. The number of hydrogen-bond donors (Lipinski definition) is 1. The second-order valence-corrected chi connectivity index (χ2v) is 28.9. The first-order chi connectivity index (χ1) is 51.0.